The maximum atomic E-state index is 11.9. The van der Waals surface area contributed by atoms with Gasteiger partial charge in [0.1, 0.15) is 5.69 Å². The molecular weight excluding hydrogens is 334 g/mol. The van der Waals surface area contributed by atoms with Gasteiger partial charge in [0, 0.05) is 11.1 Å². The number of carbonyl (C=O) groups is 1. The number of esters is 1. The molecule has 2 aromatic heterocycles. The molecule has 25 heavy (non-hydrogen) atoms. The van der Waals surface area contributed by atoms with E-state index in [1.54, 1.807) is 11.3 Å². The third-order valence-electron chi connectivity index (χ3n) is 4.23. The molecule has 5 nitrogen and oxygen atoms in total. The number of carbonyl (C=O) groups excluding carboxylic acids is 1. The quantitative estimate of drug-likeness (QED) is 0.650. The summed E-state index contributed by atoms with van der Waals surface area (Å²) >= 11 is 1.55. The van der Waals surface area contributed by atoms with Gasteiger partial charge in [-0.1, -0.05) is 30.3 Å². The van der Waals surface area contributed by atoms with Gasteiger partial charge in [0.05, 0.1) is 24.4 Å². The van der Waals surface area contributed by atoms with Crippen LogP contribution in [0.5, 0.6) is 0 Å². The maximum absolute atomic E-state index is 11.9. The molecule has 0 saturated carbocycles. The van der Waals surface area contributed by atoms with Gasteiger partial charge in [-0.2, -0.15) is 0 Å². The van der Waals surface area contributed by atoms with Gasteiger partial charge in [-0.15, -0.1) is 11.3 Å². The third kappa shape index (κ3) is 3.44. The van der Waals surface area contributed by atoms with E-state index in [1.165, 1.54) is 12.7 Å². The first-order valence-corrected chi connectivity index (χ1v) is 8.94. The summed E-state index contributed by atoms with van der Waals surface area (Å²) in [5.41, 5.74) is 5.12. The number of nitrogens with zero attached hydrogens (tertiary/aromatic N) is 1. The molecule has 0 fully saturated rings. The third-order valence-corrected chi connectivity index (χ3v) is 5.00. The van der Waals surface area contributed by atoms with Crippen LogP contribution in [0.15, 0.2) is 35.7 Å². The highest BCUT2D eigenvalue weighted by Crippen LogP contribution is 2.31. The number of ether oxygens (including phenoxy) is 1. The normalized spacial score (nSPS) is 12.0. The van der Waals surface area contributed by atoms with Crippen LogP contribution in [-0.2, 0) is 4.74 Å². The largest absolute Gasteiger partial charge is 0.465 e. The Labute approximate surface area is 151 Å². The van der Waals surface area contributed by atoms with E-state index in [0.29, 0.717) is 5.56 Å². The molecular formula is C19H21N3O2S. The van der Waals surface area contributed by atoms with Crippen LogP contribution >= 0.6 is 11.3 Å². The Morgan fingerprint density at radius 2 is 2.00 bits per heavy atom. The van der Waals surface area contributed by atoms with Crippen molar-refractivity contribution in [1.29, 1.82) is 0 Å². The Morgan fingerprint density at radius 3 is 2.68 bits per heavy atom. The first kappa shape index (κ1) is 17.2. The van der Waals surface area contributed by atoms with Crippen LogP contribution in [0.4, 0.5) is 5.13 Å². The zero-order valence-corrected chi connectivity index (χ0v) is 15.5. The van der Waals surface area contributed by atoms with E-state index in [-0.39, 0.29) is 12.0 Å². The molecule has 0 aliphatic carbocycles. The molecule has 2 N–H and O–H groups in total. The maximum Gasteiger partial charge on any atom is 0.339 e. The zero-order chi connectivity index (χ0) is 18.0. The predicted molar refractivity (Wildman–Crippen MR) is 101 cm³/mol. The lowest BCUT2D eigenvalue weighted by atomic mass is 10.1. The lowest BCUT2D eigenvalue weighted by Crippen LogP contribution is -2.06. The molecule has 0 spiro atoms. The van der Waals surface area contributed by atoms with Crippen molar-refractivity contribution in [3.05, 3.63) is 58.1 Å². The van der Waals surface area contributed by atoms with Gasteiger partial charge in [-0.25, -0.2) is 9.78 Å². The van der Waals surface area contributed by atoms with Crippen molar-refractivity contribution in [3.8, 4) is 11.4 Å². The van der Waals surface area contributed by atoms with Crippen LogP contribution in [0, 0.1) is 13.8 Å². The summed E-state index contributed by atoms with van der Waals surface area (Å²) in [5, 5.41) is 6.26. The summed E-state index contributed by atoms with van der Waals surface area (Å²) in [6, 6.07) is 10.4. The Kier molecular flexibility index (Phi) is 4.90. The van der Waals surface area contributed by atoms with Crippen LogP contribution in [0.3, 0.4) is 0 Å². The number of methoxy groups -OCH3 is 1. The summed E-state index contributed by atoms with van der Waals surface area (Å²) in [6.45, 7) is 5.88. The molecule has 0 bridgehead atoms. The fraction of sp³-hybridized carbons (Fsp3) is 0.263. The topological polar surface area (TPSA) is 67.0 Å². The first-order valence-electron chi connectivity index (χ1n) is 8.06. The van der Waals surface area contributed by atoms with Crippen molar-refractivity contribution >= 4 is 22.4 Å². The first-order chi connectivity index (χ1) is 12.0. The predicted octanol–water partition coefficient (Wildman–Crippen LogP) is 4.71. The van der Waals surface area contributed by atoms with Gasteiger partial charge in [0.15, 0.2) is 5.13 Å². The van der Waals surface area contributed by atoms with Crippen molar-refractivity contribution in [2.24, 2.45) is 0 Å². The van der Waals surface area contributed by atoms with E-state index in [9.17, 15) is 4.79 Å². The van der Waals surface area contributed by atoms with Crippen molar-refractivity contribution in [2.75, 3.05) is 12.4 Å². The number of aryl methyl sites for hydroxylation is 1. The molecule has 3 rings (SSSR count). The second-order valence-corrected chi connectivity index (χ2v) is 6.79. The monoisotopic (exact) mass is 355 g/mol. The molecule has 0 aliphatic rings. The average molecular weight is 355 g/mol. The number of hydrogen-bond acceptors (Lipinski definition) is 5. The van der Waals surface area contributed by atoms with Gasteiger partial charge >= 0.3 is 5.97 Å². The minimum Gasteiger partial charge on any atom is -0.465 e. The number of aromatic amines is 1. The fourth-order valence-corrected chi connectivity index (χ4v) is 3.67. The second kappa shape index (κ2) is 7.11. The Morgan fingerprint density at radius 1 is 1.28 bits per heavy atom. The summed E-state index contributed by atoms with van der Waals surface area (Å²) in [7, 11) is 1.39. The molecule has 0 saturated heterocycles. The number of benzene rings is 1. The lowest BCUT2D eigenvalue weighted by Gasteiger charge is -2.12. The standard InChI is InChI=1S/C19H21N3O2S/c1-11-16(18(23)24-4)13(3)20-17(11)15-10-25-19(22-15)21-12(2)14-8-6-5-7-9-14/h5-10,12,20H,1-4H3,(H,21,22)/t12-/m1/s1. The molecule has 3 aromatic rings. The lowest BCUT2D eigenvalue weighted by molar-refractivity contribution is 0.0599. The molecule has 6 heteroatoms. The van der Waals surface area contributed by atoms with Gasteiger partial charge in [-0.3, -0.25) is 0 Å². The van der Waals surface area contributed by atoms with Gasteiger partial charge < -0.3 is 15.0 Å². The highest BCUT2D eigenvalue weighted by atomic mass is 32.1. The summed E-state index contributed by atoms with van der Waals surface area (Å²) in [6.07, 6.45) is 0. The summed E-state index contributed by atoms with van der Waals surface area (Å²) < 4.78 is 4.86. The SMILES string of the molecule is COC(=O)c1c(C)[nH]c(-c2csc(N[C@H](C)c3ccccc3)n2)c1C. The van der Waals surface area contributed by atoms with Crippen molar-refractivity contribution < 1.29 is 9.53 Å². The van der Waals surface area contributed by atoms with Crippen molar-refractivity contribution in [1.82, 2.24) is 9.97 Å². The highest BCUT2D eigenvalue weighted by molar-refractivity contribution is 7.14. The van der Waals surface area contributed by atoms with Crippen LogP contribution in [-0.4, -0.2) is 23.0 Å². The van der Waals surface area contributed by atoms with Crippen LogP contribution in [0.1, 0.15) is 40.1 Å². The number of thiazole rings is 1. The number of anilines is 1. The molecule has 1 atom stereocenters. The molecule has 1 aromatic carbocycles. The van der Waals surface area contributed by atoms with E-state index < -0.39 is 0 Å². The minimum atomic E-state index is -0.330. The Bertz CT molecular complexity index is 883. The van der Waals surface area contributed by atoms with Gasteiger partial charge in [-0.05, 0) is 31.9 Å². The number of aromatic nitrogens is 2. The second-order valence-electron chi connectivity index (χ2n) is 5.93. The summed E-state index contributed by atoms with van der Waals surface area (Å²) in [5.74, 6) is -0.330. The molecule has 0 radical (unpaired) electrons. The van der Waals surface area contributed by atoms with Crippen LogP contribution < -0.4 is 5.32 Å². The Hall–Kier alpha value is -2.60. The number of rotatable bonds is 5. The molecule has 0 amide bonds. The molecule has 130 valence electrons. The Balaban J connectivity index is 1.84. The summed E-state index contributed by atoms with van der Waals surface area (Å²) in [4.78, 5) is 19.9. The van der Waals surface area contributed by atoms with E-state index in [4.69, 9.17) is 4.74 Å². The van der Waals surface area contributed by atoms with Crippen LogP contribution in [0.25, 0.3) is 11.4 Å². The van der Waals surface area contributed by atoms with E-state index in [1.807, 2.05) is 37.4 Å². The fourth-order valence-electron chi connectivity index (χ4n) is 2.88. The number of H-pyrrole nitrogens is 1. The van der Waals surface area contributed by atoms with Crippen molar-refractivity contribution in [3.63, 3.8) is 0 Å². The molecule has 0 unspecified atom stereocenters. The number of hydrogen-bond donors (Lipinski definition) is 2. The van der Waals surface area contributed by atoms with E-state index >= 15 is 0 Å². The minimum absolute atomic E-state index is 0.164. The van der Waals surface area contributed by atoms with Crippen LogP contribution in [0.2, 0.25) is 0 Å². The van der Waals surface area contributed by atoms with Gasteiger partial charge in [0.25, 0.3) is 0 Å². The van der Waals surface area contributed by atoms with Crippen molar-refractivity contribution in [2.45, 2.75) is 26.8 Å². The molecule has 2 heterocycles. The van der Waals surface area contributed by atoms with E-state index in [2.05, 4.69) is 34.3 Å². The highest BCUT2D eigenvalue weighted by Gasteiger charge is 2.21. The number of nitrogens with one attached hydrogen (secondary N) is 2. The zero-order valence-electron chi connectivity index (χ0n) is 14.7. The average Bonchev–Trinajstić information content (AvgIpc) is 3.19. The molecule has 0 aliphatic heterocycles. The smallest absolute Gasteiger partial charge is 0.339 e. The van der Waals surface area contributed by atoms with Gasteiger partial charge in [0.2, 0.25) is 0 Å². The van der Waals surface area contributed by atoms with E-state index in [0.717, 1.165) is 27.8 Å².